The number of amides is 1. The molecule has 1 aliphatic heterocycles. The van der Waals surface area contributed by atoms with Gasteiger partial charge in [-0.15, -0.1) is 11.3 Å². The highest BCUT2D eigenvalue weighted by Crippen LogP contribution is 2.20. The van der Waals surface area contributed by atoms with Gasteiger partial charge in [-0.25, -0.2) is 9.37 Å². The van der Waals surface area contributed by atoms with Crippen molar-refractivity contribution < 1.29 is 13.9 Å². The first-order valence-corrected chi connectivity index (χ1v) is 8.77. The summed E-state index contributed by atoms with van der Waals surface area (Å²) >= 11 is 1.35. The molecule has 1 aliphatic rings. The average Bonchev–Trinajstić information content (AvgIpc) is 2.93. The van der Waals surface area contributed by atoms with Gasteiger partial charge in [0.05, 0.1) is 23.5 Å². The number of nitrogens with one attached hydrogen (secondary N) is 1. The van der Waals surface area contributed by atoms with Crippen LogP contribution in [0, 0.1) is 5.82 Å². The molecule has 1 N–H and O–H groups in total. The van der Waals surface area contributed by atoms with Gasteiger partial charge in [-0.3, -0.25) is 15.0 Å². The Bertz CT molecular complexity index is 711. The highest BCUT2D eigenvalue weighted by atomic mass is 32.1. The lowest BCUT2D eigenvalue weighted by Crippen LogP contribution is -2.44. The van der Waals surface area contributed by atoms with Gasteiger partial charge in [0.1, 0.15) is 5.82 Å². The van der Waals surface area contributed by atoms with E-state index in [0.717, 1.165) is 18.8 Å². The van der Waals surface area contributed by atoms with E-state index in [0.29, 0.717) is 11.7 Å². The predicted molar refractivity (Wildman–Crippen MR) is 91.8 cm³/mol. The molecule has 0 spiro atoms. The molecule has 1 amide bonds. The number of hydrogen-bond donors (Lipinski definition) is 1. The molecule has 1 fully saturated rings. The maximum Gasteiger partial charge on any atom is 0.260 e. The molecule has 24 heavy (non-hydrogen) atoms. The normalized spacial score (nSPS) is 21.6. The fourth-order valence-corrected chi connectivity index (χ4v) is 3.59. The van der Waals surface area contributed by atoms with Gasteiger partial charge in [0.2, 0.25) is 0 Å². The van der Waals surface area contributed by atoms with Gasteiger partial charge in [0, 0.05) is 25.0 Å². The molecule has 2 aromatic rings. The summed E-state index contributed by atoms with van der Waals surface area (Å²) in [6, 6.07) is 5.91. The van der Waals surface area contributed by atoms with Crippen LogP contribution in [0.2, 0.25) is 0 Å². The molecule has 0 aliphatic carbocycles. The number of thiazole rings is 1. The summed E-state index contributed by atoms with van der Waals surface area (Å²) in [4.78, 5) is 18.8. The number of morpholine rings is 1. The molecule has 1 aromatic carbocycles. The third-order valence-electron chi connectivity index (χ3n) is 3.77. The number of carbonyl (C=O) groups is 1. The summed E-state index contributed by atoms with van der Waals surface area (Å²) in [5.74, 6) is -1.02. The van der Waals surface area contributed by atoms with E-state index in [2.05, 4.69) is 29.0 Å². The van der Waals surface area contributed by atoms with Gasteiger partial charge in [0.15, 0.2) is 5.13 Å². The molecule has 2 heterocycles. The number of ether oxygens (including phenoxy) is 1. The van der Waals surface area contributed by atoms with Gasteiger partial charge >= 0.3 is 0 Å². The second kappa shape index (κ2) is 7.38. The Kier molecular flexibility index (Phi) is 5.23. The fourth-order valence-electron chi connectivity index (χ4n) is 2.89. The van der Waals surface area contributed by atoms with E-state index in [4.69, 9.17) is 4.74 Å². The minimum Gasteiger partial charge on any atom is -0.373 e. The topological polar surface area (TPSA) is 54.5 Å². The number of carbonyl (C=O) groups excluding carboxylic acids is 1. The maximum atomic E-state index is 13.6. The van der Waals surface area contributed by atoms with Gasteiger partial charge in [0.25, 0.3) is 5.91 Å². The van der Waals surface area contributed by atoms with E-state index in [9.17, 15) is 9.18 Å². The zero-order valence-electron chi connectivity index (χ0n) is 13.7. The average molecular weight is 349 g/mol. The van der Waals surface area contributed by atoms with Crippen LogP contribution in [0.25, 0.3) is 0 Å². The summed E-state index contributed by atoms with van der Waals surface area (Å²) in [6.45, 7) is 6.55. The Balaban J connectivity index is 1.61. The molecule has 0 unspecified atom stereocenters. The third kappa shape index (κ3) is 4.17. The number of benzene rings is 1. The van der Waals surface area contributed by atoms with Crippen LogP contribution in [0.1, 0.15) is 29.9 Å². The Hall–Kier alpha value is -1.83. The molecule has 1 saturated heterocycles. The van der Waals surface area contributed by atoms with E-state index in [1.54, 1.807) is 12.1 Å². The van der Waals surface area contributed by atoms with Gasteiger partial charge in [-0.1, -0.05) is 12.1 Å². The van der Waals surface area contributed by atoms with Crippen LogP contribution >= 0.6 is 11.3 Å². The quantitative estimate of drug-likeness (QED) is 0.921. The molecule has 0 saturated carbocycles. The summed E-state index contributed by atoms with van der Waals surface area (Å²) in [7, 11) is 0. The summed E-state index contributed by atoms with van der Waals surface area (Å²) in [6.07, 6.45) is 0.403. The number of nitrogens with zero attached hydrogens (tertiary/aromatic N) is 2. The number of halogens is 1. The molecule has 2 atom stereocenters. The summed E-state index contributed by atoms with van der Waals surface area (Å²) in [5.41, 5.74) is 0.912. The van der Waals surface area contributed by atoms with Crippen LogP contribution in [-0.4, -0.2) is 41.1 Å². The maximum absolute atomic E-state index is 13.6. The lowest BCUT2D eigenvalue weighted by Gasteiger charge is -2.34. The SMILES string of the molecule is C[C@@H]1CN(Cc2csc(NC(=O)c3ccccc3F)n2)C[C@H](C)O1. The molecular formula is C17H20FN3O2S. The van der Waals surface area contributed by atoms with Crippen molar-refractivity contribution in [2.75, 3.05) is 18.4 Å². The highest BCUT2D eigenvalue weighted by Gasteiger charge is 2.23. The molecule has 3 rings (SSSR count). The minimum absolute atomic E-state index is 0.0186. The van der Waals surface area contributed by atoms with Crippen molar-refractivity contribution in [3.8, 4) is 0 Å². The largest absolute Gasteiger partial charge is 0.373 e. The Morgan fingerprint density at radius 3 is 2.79 bits per heavy atom. The van der Waals surface area contributed by atoms with Crippen LogP contribution in [0.3, 0.4) is 0 Å². The third-order valence-corrected chi connectivity index (χ3v) is 4.58. The first-order valence-electron chi connectivity index (χ1n) is 7.89. The fraction of sp³-hybridized carbons (Fsp3) is 0.412. The van der Waals surface area contributed by atoms with Crippen molar-refractivity contribution in [3.63, 3.8) is 0 Å². The molecule has 7 heteroatoms. The molecular weight excluding hydrogens is 329 g/mol. The van der Waals surface area contributed by atoms with E-state index in [-0.39, 0.29) is 17.8 Å². The first-order chi connectivity index (χ1) is 11.5. The molecule has 128 valence electrons. The molecule has 5 nitrogen and oxygen atoms in total. The number of rotatable bonds is 4. The predicted octanol–water partition coefficient (Wildman–Crippen LogP) is 3.14. The van der Waals surface area contributed by atoms with E-state index in [1.165, 1.54) is 23.5 Å². The number of anilines is 1. The minimum atomic E-state index is -0.539. The van der Waals surface area contributed by atoms with Crippen LogP contribution in [0.15, 0.2) is 29.6 Å². The monoisotopic (exact) mass is 349 g/mol. The Morgan fingerprint density at radius 1 is 1.38 bits per heavy atom. The van der Waals surface area contributed by atoms with Crippen LogP contribution < -0.4 is 5.32 Å². The zero-order valence-corrected chi connectivity index (χ0v) is 14.5. The summed E-state index contributed by atoms with van der Waals surface area (Å²) < 4.78 is 19.4. The van der Waals surface area contributed by atoms with Crippen LogP contribution in [0.5, 0.6) is 0 Å². The Labute approximate surface area is 144 Å². The van der Waals surface area contributed by atoms with Crippen LogP contribution in [-0.2, 0) is 11.3 Å². The standard InChI is InChI=1S/C17H20FN3O2S/c1-11-7-21(8-12(2)23-11)9-13-10-24-17(19-13)20-16(22)14-5-3-4-6-15(14)18/h3-6,10-12H,7-9H2,1-2H3,(H,19,20,22)/t11-,12+. The molecule has 0 bridgehead atoms. The van der Waals surface area contributed by atoms with Crippen LogP contribution in [0.4, 0.5) is 9.52 Å². The second-order valence-electron chi connectivity index (χ2n) is 6.03. The first kappa shape index (κ1) is 17.0. The van der Waals surface area contributed by atoms with Gasteiger partial charge in [-0.2, -0.15) is 0 Å². The zero-order chi connectivity index (χ0) is 17.1. The van der Waals surface area contributed by atoms with E-state index in [1.807, 2.05) is 5.38 Å². The summed E-state index contributed by atoms with van der Waals surface area (Å²) in [5, 5.41) is 5.06. The number of aromatic nitrogens is 1. The lowest BCUT2D eigenvalue weighted by molar-refractivity contribution is -0.0707. The molecule has 0 radical (unpaired) electrons. The smallest absolute Gasteiger partial charge is 0.260 e. The second-order valence-corrected chi connectivity index (χ2v) is 6.89. The van der Waals surface area contributed by atoms with E-state index >= 15 is 0 Å². The van der Waals surface area contributed by atoms with Gasteiger partial charge < -0.3 is 4.74 Å². The van der Waals surface area contributed by atoms with Crippen molar-refractivity contribution in [1.29, 1.82) is 0 Å². The highest BCUT2D eigenvalue weighted by molar-refractivity contribution is 7.13. The van der Waals surface area contributed by atoms with Gasteiger partial charge in [-0.05, 0) is 26.0 Å². The van der Waals surface area contributed by atoms with Crippen molar-refractivity contribution in [3.05, 3.63) is 46.7 Å². The number of hydrogen-bond acceptors (Lipinski definition) is 5. The van der Waals surface area contributed by atoms with Crippen molar-refractivity contribution in [2.45, 2.75) is 32.6 Å². The van der Waals surface area contributed by atoms with Crippen molar-refractivity contribution in [1.82, 2.24) is 9.88 Å². The molecule has 1 aromatic heterocycles. The lowest BCUT2D eigenvalue weighted by atomic mass is 10.2. The van der Waals surface area contributed by atoms with Crippen molar-refractivity contribution in [2.24, 2.45) is 0 Å². The Morgan fingerprint density at radius 2 is 2.08 bits per heavy atom. The van der Waals surface area contributed by atoms with E-state index < -0.39 is 11.7 Å². The van der Waals surface area contributed by atoms with Crippen molar-refractivity contribution >= 4 is 22.4 Å².